The van der Waals surface area contributed by atoms with Gasteiger partial charge in [-0.25, -0.2) is 8.42 Å². The van der Waals surface area contributed by atoms with E-state index in [0.29, 0.717) is 5.52 Å². The first kappa shape index (κ1) is 14.8. The standard InChI is InChI=1S/C10H12N4O4S2/c1-11-10(16)7(5-15)14-20(17,18)8-4-2-3-6-9(8)13-19-12-6/h2-4,7,14-15H,5H2,1H3,(H,11,16)/t7-/m0/s1. The van der Waals surface area contributed by atoms with E-state index >= 15 is 0 Å². The summed E-state index contributed by atoms with van der Waals surface area (Å²) in [5, 5.41) is 11.4. The minimum absolute atomic E-state index is 0.0777. The molecule has 1 amide bonds. The smallest absolute Gasteiger partial charge is 0.243 e. The molecule has 108 valence electrons. The van der Waals surface area contributed by atoms with Crippen LogP contribution in [0.4, 0.5) is 0 Å². The molecule has 1 aromatic heterocycles. The fourth-order valence-corrected chi connectivity index (χ4v) is 3.55. The van der Waals surface area contributed by atoms with Crippen LogP contribution in [0.25, 0.3) is 11.0 Å². The van der Waals surface area contributed by atoms with Gasteiger partial charge >= 0.3 is 0 Å². The summed E-state index contributed by atoms with van der Waals surface area (Å²) < 4.78 is 34.6. The number of amides is 1. The molecule has 0 aliphatic rings. The number of fused-ring (bicyclic) bond motifs is 1. The summed E-state index contributed by atoms with van der Waals surface area (Å²) in [5.41, 5.74) is 0.692. The molecule has 8 nitrogen and oxygen atoms in total. The van der Waals surface area contributed by atoms with Gasteiger partial charge < -0.3 is 10.4 Å². The summed E-state index contributed by atoms with van der Waals surface area (Å²) in [6.07, 6.45) is 0. The van der Waals surface area contributed by atoms with E-state index in [1.807, 2.05) is 0 Å². The highest BCUT2D eigenvalue weighted by Gasteiger charge is 2.26. The lowest BCUT2D eigenvalue weighted by molar-refractivity contribution is -0.123. The second kappa shape index (κ2) is 5.79. The van der Waals surface area contributed by atoms with Gasteiger partial charge in [-0.2, -0.15) is 13.5 Å². The van der Waals surface area contributed by atoms with Gasteiger partial charge in [-0.15, -0.1) is 0 Å². The maximum Gasteiger partial charge on any atom is 0.243 e. The predicted octanol–water partition coefficient (Wildman–Crippen LogP) is -0.924. The molecule has 2 rings (SSSR count). The van der Waals surface area contributed by atoms with Crippen molar-refractivity contribution in [2.24, 2.45) is 0 Å². The number of hydrogen-bond acceptors (Lipinski definition) is 7. The third-order valence-corrected chi connectivity index (χ3v) is 4.63. The van der Waals surface area contributed by atoms with Crippen molar-refractivity contribution in [1.29, 1.82) is 0 Å². The van der Waals surface area contributed by atoms with Crippen LogP contribution < -0.4 is 10.0 Å². The summed E-state index contributed by atoms with van der Waals surface area (Å²) >= 11 is 0.898. The topological polar surface area (TPSA) is 121 Å². The Morgan fingerprint density at radius 1 is 1.45 bits per heavy atom. The van der Waals surface area contributed by atoms with Crippen molar-refractivity contribution in [2.45, 2.75) is 10.9 Å². The second-order valence-electron chi connectivity index (χ2n) is 3.86. The molecule has 0 aliphatic carbocycles. The number of nitrogens with one attached hydrogen (secondary N) is 2. The summed E-state index contributed by atoms with van der Waals surface area (Å²) in [5.74, 6) is -0.625. The van der Waals surface area contributed by atoms with Gasteiger partial charge in [0.15, 0.2) is 0 Å². The Morgan fingerprint density at radius 2 is 2.20 bits per heavy atom. The van der Waals surface area contributed by atoms with Gasteiger partial charge in [0.1, 0.15) is 22.0 Å². The monoisotopic (exact) mass is 316 g/mol. The lowest BCUT2D eigenvalue weighted by Gasteiger charge is -2.14. The highest BCUT2D eigenvalue weighted by atomic mass is 32.2. The van der Waals surface area contributed by atoms with Crippen molar-refractivity contribution in [3.05, 3.63) is 18.2 Å². The van der Waals surface area contributed by atoms with Crippen LogP contribution >= 0.6 is 11.7 Å². The zero-order chi connectivity index (χ0) is 14.8. The highest BCUT2D eigenvalue weighted by Crippen LogP contribution is 2.21. The van der Waals surface area contributed by atoms with Crippen molar-refractivity contribution < 1.29 is 18.3 Å². The SMILES string of the molecule is CNC(=O)[C@H](CO)NS(=O)(=O)c1cccc2nsnc12. The number of nitrogens with zero attached hydrogens (tertiary/aromatic N) is 2. The third kappa shape index (κ3) is 2.77. The molecule has 20 heavy (non-hydrogen) atoms. The number of rotatable bonds is 5. The Bertz CT molecular complexity index is 728. The quantitative estimate of drug-likeness (QED) is 0.656. The van der Waals surface area contributed by atoms with E-state index in [4.69, 9.17) is 5.11 Å². The minimum atomic E-state index is -3.99. The van der Waals surface area contributed by atoms with Crippen LogP contribution in [-0.2, 0) is 14.8 Å². The number of sulfonamides is 1. The maximum atomic E-state index is 12.3. The number of likely N-dealkylation sites (N-methyl/N-ethyl adjacent to an activating group) is 1. The van der Waals surface area contributed by atoms with Crippen molar-refractivity contribution in [2.75, 3.05) is 13.7 Å². The predicted molar refractivity (Wildman–Crippen MR) is 72.7 cm³/mol. The molecular weight excluding hydrogens is 304 g/mol. The Labute approximate surface area is 119 Å². The zero-order valence-corrected chi connectivity index (χ0v) is 12.0. The normalized spacial score (nSPS) is 13.3. The van der Waals surface area contributed by atoms with Crippen molar-refractivity contribution in [1.82, 2.24) is 18.8 Å². The number of carbonyl (C=O) groups is 1. The Hall–Kier alpha value is -1.62. The van der Waals surface area contributed by atoms with Crippen LogP contribution in [0.2, 0.25) is 0 Å². The number of aliphatic hydroxyl groups excluding tert-OH is 1. The highest BCUT2D eigenvalue weighted by molar-refractivity contribution is 7.89. The number of aliphatic hydroxyl groups is 1. The summed E-state index contributed by atoms with van der Waals surface area (Å²) in [6.45, 7) is -0.649. The van der Waals surface area contributed by atoms with E-state index in [-0.39, 0.29) is 10.4 Å². The lowest BCUT2D eigenvalue weighted by atomic mass is 10.3. The molecule has 0 spiro atoms. The van der Waals surface area contributed by atoms with Crippen LogP contribution in [0.3, 0.4) is 0 Å². The Balaban J connectivity index is 2.40. The second-order valence-corrected chi connectivity index (χ2v) is 6.07. The first-order chi connectivity index (χ1) is 9.49. The molecule has 0 fully saturated rings. The molecule has 3 N–H and O–H groups in total. The van der Waals surface area contributed by atoms with Crippen LogP contribution in [0, 0.1) is 0 Å². The summed E-state index contributed by atoms with van der Waals surface area (Å²) in [7, 11) is -2.64. The van der Waals surface area contributed by atoms with Crippen molar-refractivity contribution in [3.8, 4) is 0 Å². The van der Waals surface area contributed by atoms with E-state index in [0.717, 1.165) is 11.7 Å². The fraction of sp³-hybridized carbons (Fsp3) is 0.300. The Morgan fingerprint density at radius 3 is 2.85 bits per heavy atom. The average molecular weight is 316 g/mol. The van der Waals surface area contributed by atoms with Gasteiger partial charge in [-0.1, -0.05) is 6.07 Å². The van der Waals surface area contributed by atoms with E-state index in [1.54, 1.807) is 6.07 Å². The number of benzene rings is 1. The minimum Gasteiger partial charge on any atom is -0.394 e. The van der Waals surface area contributed by atoms with E-state index in [9.17, 15) is 13.2 Å². The number of carbonyl (C=O) groups excluding carboxylic acids is 1. The van der Waals surface area contributed by atoms with Gasteiger partial charge in [0.2, 0.25) is 15.9 Å². The van der Waals surface area contributed by atoms with Gasteiger partial charge in [0.05, 0.1) is 18.3 Å². The maximum absolute atomic E-state index is 12.3. The molecule has 10 heteroatoms. The molecule has 0 aliphatic heterocycles. The van der Waals surface area contributed by atoms with E-state index < -0.39 is 28.6 Å². The third-order valence-electron chi connectivity index (χ3n) is 2.58. The molecular formula is C10H12N4O4S2. The van der Waals surface area contributed by atoms with E-state index in [1.165, 1.54) is 19.2 Å². The Kier molecular flexibility index (Phi) is 4.28. The molecule has 0 saturated heterocycles. The van der Waals surface area contributed by atoms with Crippen LogP contribution in [0.5, 0.6) is 0 Å². The molecule has 1 aromatic carbocycles. The van der Waals surface area contributed by atoms with Crippen LogP contribution in [0.1, 0.15) is 0 Å². The van der Waals surface area contributed by atoms with Crippen LogP contribution in [0.15, 0.2) is 23.1 Å². The summed E-state index contributed by atoms with van der Waals surface area (Å²) in [4.78, 5) is 11.4. The summed E-state index contributed by atoms with van der Waals surface area (Å²) in [6, 6.07) is 3.28. The number of aromatic nitrogens is 2. The van der Waals surface area contributed by atoms with Gasteiger partial charge in [-0.3, -0.25) is 4.79 Å². The number of hydrogen-bond donors (Lipinski definition) is 3. The molecule has 2 aromatic rings. The van der Waals surface area contributed by atoms with Crippen molar-refractivity contribution in [3.63, 3.8) is 0 Å². The molecule has 0 radical (unpaired) electrons. The molecule has 0 bridgehead atoms. The average Bonchev–Trinajstić information content (AvgIpc) is 2.91. The molecule has 0 unspecified atom stereocenters. The zero-order valence-electron chi connectivity index (χ0n) is 10.4. The van der Waals surface area contributed by atoms with Gasteiger partial charge in [0, 0.05) is 7.05 Å². The molecule has 1 atom stereocenters. The van der Waals surface area contributed by atoms with Gasteiger partial charge in [0.25, 0.3) is 0 Å². The first-order valence-corrected chi connectivity index (χ1v) is 7.77. The largest absolute Gasteiger partial charge is 0.394 e. The molecule has 0 saturated carbocycles. The fourth-order valence-electron chi connectivity index (χ4n) is 1.60. The van der Waals surface area contributed by atoms with Crippen LogP contribution in [-0.4, -0.2) is 47.9 Å². The first-order valence-electron chi connectivity index (χ1n) is 5.55. The van der Waals surface area contributed by atoms with Crippen molar-refractivity contribution >= 4 is 38.7 Å². The molecule has 1 heterocycles. The lowest BCUT2D eigenvalue weighted by Crippen LogP contribution is -2.47. The van der Waals surface area contributed by atoms with Gasteiger partial charge in [-0.05, 0) is 12.1 Å². The van der Waals surface area contributed by atoms with E-state index in [2.05, 4.69) is 18.8 Å².